The number of carbonyl (C=O) groups is 1. The molecular formula is C25H43NO3. The highest BCUT2D eigenvalue weighted by Gasteiger charge is 2.63. The summed E-state index contributed by atoms with van der Waals surface area (Å²) < 4.78 is 4.86. The fourth-order valence-corrected chi connectivity index (χ4v) is 8.86. The molecule has 3 N–H and O–H groups in total. The molecule has 4 heteroatoms. The number of carbonyl (C=O) groups excluding carboxylic acids is 1. The van der Waals surface area contributed by atoms with Crippen LogP contribution in [0.2, 0.25) is 0 Å². The van der Waals surface area contributed by atoms with Gasteiger partial charge in [-0.1, -0.05) is 20.8 Å². The number of ether oxygens (including phenoxy) is 1. The highest BCUT2D eigenvalue weighted by Crippen LogP contribution is 2.68. The Morgan fingerprint density at radius 1 is 1.14 bits per heavy atom. The van der Waals surface area contributed by atoms with Gasteiger partial charge in [-0.3, -0.25) is 4.79 Å². The molecule has 0 spiro atoms. The zero-order chi connectivity index (χ0) is 21.0. The topological polar surface area (TPSA) is 72.5 Å². The quantitative estimate of drug-likeness (QED) is 0.674. The van der Waals surface area contributed by atoms with Gasteiger partial charge in [0.25, 0.3) is 0 Å². The average molecular weight is 406 g/mol. The molecule has 29 heavy (non-hydrogen) atoms. The van der Waals surface area contributed by atoms with Crippen molar-refractivity contribution in [2.75, 3.05) is 7.11 Å². The summed E-state index contributed by atoms with van der Waals surface area (Å²) in [6.45, 7) is 7.21. The van der Waals surface area contributed by atoms with E-state index >= 15 is 0 Å². The highest BCUT2D eigenvalue weighted by molar-refractivity contribution is 5.69. The van der Waals surface area contributed by atoms with Crippen molar-refractivity contribution in [2.24, 2.45) is 52.1 Å². The maximum absolute atomic E-state index is 11.7. The van der Waals surface area contributed by atoms with E-state index in [1.807, 2.05) is 0 Å². The van der Waals surface area contributed by atoms with E-state index in [1.165, 1.54) is 45.6 Å². The van der Waals surface area contributed by atoms with E-state index in [1.54, 1.807) is 0 Å². The number of aliphatic hydroxyl groups excluding tert-OH is 1. The molecule has 4 rings (SSSR count). The minimum Gasteiger partial charge on any atom is -0.469 e. The van der Waals surface area contributed by atoms with Crippen molar-refractivity contribution in [3.05, 3.63) is 0 Å². The zero-order valence-electron chi connectivity index (χ0n) is 19.0. The zero-order valence-corrected chi connectivity index (χ0v) is 19.0. The van der Waals surface area contributed by atoms with E-state index in [9.17, 15) is 9.90 Å². The lowest BCUT2D eigenvalue weighted by Gasteiger charge is -2.62. The van der Waals surface area contributed by atoms with Crippen LogP contribution in [-0.2, 0) is 9.53 Å². The summed E-state index contributed by atoms with van der Waals surface area (Å²) in [4.78, 5) is 11.7. The van der Waals surface area contributed by atoms with Crippen LogP contribution in [0.1, 0.15) is 85.0 Å². The maximum atomic E-state index is 11.7. The average Bonchev–Trinajstić information content (AvgIpc) is 3.06. The van der Waals surface area contributed by atoms with Crippen LogP contribution in [0.15, 0.2) is 0 Å². The largest absolute Gasteiger partial charge is 0.469 e. The molecule has 4 nitrogen and oxygen atoms in total. The lowest BCUT2D eigenvalue weighted by Crippen LogP contribution is -2.59. The van der Waals surface area contributed by atoms with Crippen LogP contribution in [0.5, 0.6) is 0 Å². The number of hydrogen-bond acceptors (Lipinski definition) is 4. The molecule has 0 amide bonds. The summed E-state index contributed by atoms with van der Waals surface area (Å²) in [5.74, 6) is 3.66. The second-order valence-corrected chi connectivity index (χ2v) is 11.6. The van der Waals surface area contributed by atoms with Gasteiger partial charge in [0.15, 0.2) is 0 Å². The first-order valence-electron chi connectivity index (χ1n) is 12.2. The summed E-state index contributed by atoms with van der Waals surface area (Å²) in [5.41, 5.74) is 6.71. The Kier molecular flexibility index (Phi) is 5.83. The van der Waals surface area contributed by atoms with E-state index < -0.39 is 0 Å². The molecule has 0 bridgehead atoms. The third-order valence-corrected chi connectivity index (χ3v) is 10.6. The molecular weight excluding hydrogens is 362 g/mol. The second kappa shape index (κ2) is 7.82. The molecule has 166 valence electrons. The van der Waals surface area contributed by atoms with Crippen molar-refractivity contribution in [1.29, 1.82) is 0 Å². The summed E-state index contributed by atoms with van der Waals surface area (Å²) in [6.07, 6.45) is 10.8. The minimum atomic E-state index is -0.215. The molecule has 0 heterocycles. The minimum absolute atomic E-state index is 0.00493. The summed E-state index contributed by atoms with van der Waals surface area (Å²) in [6, 6.07) is 0.384. The lowest BCUT2D eigenvalue weighted by atomic mass is 9.43. The first-order valence-corrected chi connectivity index (χ1v) is 12.2. The summed E-state index contributed by atoms with van der Waals surface area (Å²) in [5, 5.41) is 11.6. The van der Waals surface area contributed by atoms with Crippen molar-refractivity contribution in [2.45, 2.75) is 97.1 Å². The van der Waals surface area contributed by atoms with Crippen molar-refractivity contribution in [3.8, 4) is 0 Å². The molecule has 0 aromatic heterocycles. The Hall–Kier alpha value is -0.610. The van der Waals surface area contributed by atoms with Gasteiger partial charge >= 0.3 is 5.97 Å². The standard InChI is InChI=1S/C25H43NO3/c1-15(5-10-23(28)29-4)19-8-9-20-18-7-6-16-13-17(26)11-12-24(16,2)21(18)14-22(27)25(19,20)3/h15-22,27H,5-14,26H2,1-4H3. The number of esters is 1. The van der Waals surface area contributed by atoms with Gasteiger partial charge in [-0.15, -0.1) is 0 Å². The van der Waals surface area contributed by atoms with Gasteiger partial charge in [-0.05, 0) is 104 Å². The Labute approximate surface area is 177 Å². The SMILES string of the molecule is COC(=O)CCC(C)C1CCC2C3CCC4CC(N)CCC4(C)C3CC(O)C12C. The van der Waals surface area contributed by atoms with Crippen LogP contribution >= 0.6 is 0 Å². The predicted molar refractivity (Wildman–Crippen MR) is 115 cm³/mol. The van der Waals surface area contributed by atoms with Crippen LogP contribution < -0.4 is 5.73 Å². The molecule has 0 radical (unpaired) electrons. The van der Waals surface area contributed by atoms with E-state index in [0.717, 1.165) is 31.1 Å². The van der Waals surface area contributed by atoms with Crippen molar-refractivity contribution in [1.82, 2.24) is 0 Å². The van der Waals surface area contributed by atoms with Crippen LogP contribution in [0.4, 0.5) is 0 Å². The monoisotopic (exact) mass is 405 g/mol. The molecule has 0 aliphatic heterocycles. The fraction of sp³-hybridized carbons (Fsp3) is 0.960. The Morgan fingerprint density at radius 2 is 1.90 bits per heavy atom. The van der Waals surface area contributed by atoms with Crippen molar-refractivity contribution >= 4 is 5.97 Å². The number of nitrogens with two attached hydrogens (primary N) is 1. The van der Waals surface area contributed by atoms with E-state index in [4.69, 9.17) is 10.5 Å². The molecule has 0 saturated heterocycles. The van der Waals surface area contributed by atoms with Gasteiger partial charge < -0.3 is 15.6 Å². The number of hydrogen-bond donors (Lipinski definition) is 2. The van der Waals surface area contributed by atoms with Gasteiger partial charge in [0, 0.05) is 12.5 Å². The van der Waals surface area contributed by atoms with Gasteiger partial charge in [0.2, 0.25) is 0 Å². The fourth-order valence-electron chi connectivity index (χ4n) is 8.86. The lowest BCUT2D eigenvalue weighted by molar-refractivity contribution is -0.169. The molecule has 4 aliphatic carbocycles. The van der Waals surface area contributed by atoms with E-state index in [0.29, 0.717) is 41.5 Å². The third kappa shape index (κ3) is 3.37. The van der Waals surface area contributed by atoms with Crippen LogP contribution in [0.3, 0.4) is 0 Å². The van der Waals surface area contributed by atoms with Crippen molar-refractivity contribution < 1.29 is 14.6 Å². The van der Waals surface area contributed by atoms with Crippen LogP contribution in [0, 0.1) is 46.3 Å². The molecule has 10 atom stereocenters. The molecule has 4 saturated carbocycles. The number of aliphatic hydroxyl groups is 1. The number of methoxy groups -OCH3 is 1. The Balaban J connectivity index is 1.53. The molecule has 10 unspecified atom stereocenters. The smallest absolute Gasteiger partial charge is 0.305 e. The first kappa shape index (κ1) is 21.6. The van der Waals surface area contributed by atoms with Gasteiger partial charge in [0.1, 0.15) is 0 Å². The van der Waals surface area contributed by atoms with Crippen LogP contribution in [0.25, 0.3) is 0 Å². The molecule has 0 aromatic rings. The normalized spacial score (nSPS) is 50.2. The van der Waals surface area contributed by atoms with Gasteiger partial charge in [0.05, 0.1) is 13.2 Å². The second-order valence-electron chi connectivity index (χ2n) is 11.6. The summed E-state index contributed by atoms with van der Waals surface area (Å²) in [7, 11) is 1.47. The highest BCUT2D eigenvalue weighted by atomic mass is 16.5. The van der Waals surface area contributed by atoms with Crippen LogP contribution in [-0.4, -0.2) is 30.3 Å². The maximum Gasteiger partial charge on any atom is 0.305 e. The molecule has 4 fully saturated rings. The Bertz CT molecular complexity index is 623. The van der Waals surface area contributed by atoms with Gasteiger partial charge in [-0.25, -0.2) is 0 Å². The third-order valence-electron chi connectivity index (χ3n) is 10.6. The summed E-state index contributed by atoms with van der Waals surface area (Å²) >= 11 is 0. The molecule has 4 aliphatic rings. The molecule has 0 aromatic carbocycles. The predicted octanol–water partition coefficient (Wildman–Crippen LogP) is 4.53. The van der Waals surface area contributed by atoms with Crippen molar-refractivity contribution in [3.63, 3.8) is 0 Å². The van der Waals surface area contributed by atoms with Gasteiger partial charge in [-0.2, -0.15) is 0 Å². The Morgan fingerprint density at radius 3 is 2.62 bits per heavy atom. The first-order chi connectivity index (χ1) is 13.7. The number of fused-ring (bicyclic) bond motifs is 5. The van der Waals surface area contributed by atoms with E-state index in [-0.39, 0.29) is 17.5 Å². The number of rotatable bonds is 4. The van der Waals surface area contributed by atoms with E-state index in [2.05, 4.69) is 20.8 Å².